The average Bonchev–Trinajstić information content (AvgIpc) is 2.68. The molecular weight excluding hydrogens is 422 g/mol. The number of hydrogen-bond acceptors (Lipinski definition) is 6. The second kappa shape index (κ2) is 13.0. The maximum Gasteiger partial charge on any atom is 1.00 e. The van der Waals surface area contributed by atoms with Crippen molar-refractivity contribution in [2.45, 2.75) is 59.9 Å². The predicted molar refractivity (Wildman–Crippen MR) is 127 cm³/mol. The Labute approximate surface area is 206 Å². The van der Waals surface area contributed by atoms with Crippen LogP contribution in [0.5, 0.6) is 28.7 Å². The van der Waals surface area contributed by atoms with Crippen LogP contribution in [0.15, 0.2) is 30.3 Å². The molecule has 0 N–H and O–H groups in total. The van der Waals surface area contributed by atoms with Crippen molar-refractivity contribution in [1.29, 1.82) is 0 Å². The summed E-state index contributed by atoms with van der Waals surface area (Å²) in [6.45, 7) is 11.7. The van der Waals surface area contributed by atoms with Crippen LogP contribution in [0.1, 0.15) is 53.3 Å². The van der Waals surface area contributed by atoms with E-state index in [1.165, 1.54) is 14.2 Å². The van der Waals surface area contributed by atoms with E-state index in [9.17, 15) is 4.79 Å². The average molecular weight is 456 g/mol. The molecule has 0 heterocycles. The molecule has 0 aliphatic rings. The van der Waals surface area contributed by atoms with Crippen LogP contribution in [0, 0.1) is 0 Å². The van der Waals surface area contributed by atoms with Crippen LogP contribution in [-0.4, -0.2) is 38.1 Å². The minimum absolute atomic E-state index is 0. The number of rotatable bonds is 11. The maximum absolute atomic E-state index is 13.4. The molecule has 0 aliphatic carbocycles. The first-order chi connectivity index (χ1) is 14.7. The normalized spacial score (nSPS) is 11.1. The van der Waals surface area contributed by atoms with Gasteiger partial charge >= 0.3 is 18.9 Å². The quantitative estimate of drug-likeness (QED) is 0.382. The van der Waals surface area contributed by atoms with Crippen molar-refractivity contribution < 1.29 is 48.8 Å². The van der Waals surface area contributed by atoms with E-state index in [0.717, 1.165) is 0 Å². The molecule has 1 unspecified atom stereocenters. The summed E-state index contributed by atoms with van der Waals surface area (Å²) in [5.74, 6) is 2.72. The number of methoxy groups -OCH3 is 2. The fourth-order valence-electron chi connectivity index (χ4n) is 2.97. The van der Waals surface area contributed by atoms with E-state index in [-0.39, 0.29) is 52.7 Å². The van der Waals surface area contributed by atoms with Crippen LogP contribution in [0.25, 0.3) is 0 Å². The molecule has 8 heteroatoms. The van der Waals surface area contributed by atoms with Gasteiger partial charge in [0.2, 0.25) is 0 Å². The van der Waals surface area contributed by atoms with Crippen LogP contribution < -0.4 is 47.8 Å². The molecule has 0 saturated carbocycles. The van der Waals surface area contributed by atoms with E-state index in [1.54, 1.807) is 18.2 Å². The van der Waals surface area contributed by atoms with Gasteiger partial charge in [-0.15, -0.1) is 0 Å². The molecule has 1 atom stereocenters. The van der Waals surface area contributed by atoms with Gasteiger partial charge < -0.3 is 25.1 Å². The Morgan fingerprint density at radius 2 is 1.22 bits per heavy atom. The SMILES string of the molecule is COc1cccc(OC)c1C(=O)Pc1c(OC(C)C)cc(OC(C)C)cc1OC(C)C.[H-].[Li+]. The Balaban J connectivity index is 0.00000512. The monoisotopic (exact) mass is 456 g/mol. The number of hydrogen-bond donors (Lipinski definition) is 0. The Hall–Kier alpha value is -1.86. The van der Waals surface area contributed by atoms with Gasteiger partial charge in [0.25, 0.3) is 0 Å². The molecule has 2 aromatic rings. The van der Waals surface area contributed by atoms with Crippen molar-refractivity contribution in [2.75, 3.05) is 14.2 Å². The van der Waals surface area contributed by atoms with Gasteiger partial charge in [-0.1, -0.05) is 6.07 Å². The summed E-state index contributed by atoms with van der Waals surface area (Å²) in [7, 11) is 2.81. The van der Waals surface area contributed by atoms with Crippen molar-refractivity contribution in [3.05, 3.63) is 35.9 Å². The molecule has 0 bridgehead atoms. The number of ether oxygens (including phenoxy) is 5. The third-order valence-corrected chi connectivity index (χ3v) is 5.25. The summed E-state index contributed by atoms with van der Waals surface area (Å²) in [5.41, 5.74) is 0.272. The van der Waals surface area contributed by atoms with Gasteiger partial charge in [-0.05, 0) is 62.3 Å². The Morgan fingerprint density at radius 1 is 0.781 bits per heavy atom. The molecule has 0 fully saturated rings. The molecule has 6 nitrogen and oxygen atoms in total. The Morgan fingerprint density at radius 3 is 1.59 bits per heavy atom. The van der Waals surface area contributed by atoms with E-state index in [2.05, 4.69) is 0 Å². The second-order valence-electron chi connectivity index (χ2n) is 7.79. The van der Waals surface area contributed by atoms with Crippen LogP contribution in [-0.2, 0) is 0 Å². The first kappa shape index (κ1) is 28.2. The molecule has 2 aromatic carbocycles. The molecule has 0 aliphatic heterocycles. The van der Waals surface area contributed by atoms with Crippen molar-refractivity contribution in [3.8, 4) is 28.7 Å². The molecule has 0 spiro atoms. The largest absolute Gasteiger partial charge is 1.00 e. The number of benzene rings is 2. The van der Waals surface area contributed by atoms with Gasteiger partial charge in [-0.25, -0.2) is 0 Å². The van der Waals surface area contributed by atoms with Gasteiger partial charge in [0.1, 0.15) is 34.3 Å². The summed E-state index contributed by atoms with van der Waals surface area (Å²) in [6, 6.07) is 8.93. The van der Waals surface area contributed by atoms with E-state index in [4.69, 9.17) is 23.7 Å². The van der Waals surface area contributed by atoms with Crippen LogP contribution >= 0.6 is 8.58 Å². The molecular formula is C24H34LiO6P. The zero-order chi connectivity index (χ0) is 23.1. The van der Waals surface area contributed by atoms with Crippen molar-refractivity contribution >= 4 is 19.4 Å². The zero-order valence-electron chi connectivity index (χ0n) is 21.6. The van der Waals surface area contributed by atoms with Gasteiger partial charge in [0.05, 0.1) is 37.8 Å². The minimum Gasteiger partial charge on any atom is -1.00 e. The van der Waals surface area contributed by atoms with Gasteiger partial charge in [0.15, 0.2) is 5.52 Å². The van der Waals surface area contributed by atoms with Gasteiger partial charge in [-0.2, -0.15) is 0 Å². The third-order valence-electron chi connectivity index (χ3n) is 4.03. The number of carbonyl (C=O) groups excluding carboxylic acids is 1. The molecule has 2 rings (SSSR count). The molecule has 0 amide bonds. The molecule has 0 saturated heterocycles. The summed E-state index contributed by atoms with van der Waals surface area (Å²) < 4.78 is 28.9. The predicted octanol–water partition coefficient (Wildman–Crippen LogP) is 2.33. The van der Waals surface area contributed by atoms with E-state index >= 15 is 0 Å². The van der Waals surface area contributed by atoms with Crippen LogP contribution in [0.4, 0.5) is 0 Å². The van der Waals surface area contributed by atoms with Crippen molar-refractivity contribution in [2.24, 2.45) is 0 Å². The number of carbonyl (C=O) groups is 1. The summed E-state index contributed by atoms with van der Waals surface area (Å²) in [5, 5.41) is 0.691. The van der Waals surface area contributed by atoms with E-state index in [1.807, 2.05) is 53.7 Å². The van der Waals surface area contributed by atoms with Crippen LogP contribution in [0.3, 0.4) is 0 Å². The topological polar surface area (TPSA) is 63.2 Å². The summed E-state index contributed by atoms with van der Waals surface area (Å²) in [6.07, 6.45) is -0.173. The third kappa shape index (κ3) is 7.62. The summed E-state index contributed by atoms with van der Waals surface area (Å²) >= 11 is 0. The van der Waals surface area contributed by atoms with Crippen molar-refractivity contribution in [3.63, 3.8) is 0 Å². The van der Waals surface area contributed by atoms with Gasteiger partial charge in [-0.3, -0.25) is 4.79 Å². The minimum atomic E-state index is -0.261. The molecule has 32 heavy (non-hydrogen) atoms. The molecule has 0 aromatic heterocycles. The van der Waals surface area contributed by atoms with Crippen molar-refractivity contribution in [1.82, 2.24) is 0 Å². The maximum atomic E-state index is 13.4. The van der Waals surface area contributed by atoms with Crippen LogP contribution in [0.2, 0.25) is 0 Å². The standard InChI is InChI=1S/C24H33O6P.Li.H/c1-14(2)28-17-12-20(29-15(3)4)23(21(13-17)30-16(5)6)31-24(25)22-18(26-7)10-9-11-19(22)27-8;;/h9-16,31H,1-8H3;;/q;+1;-1. The Kier molecular flexibility index (Phi) is 11.4. The first-order valence-electron chi connectivity index (χ1n) is 10.4. The first-order valence-corrected chi connectivity index (χ1v) is 11.4. The van der Waals surface area contributed by atoms with E-state index in [0.29, 0.717) is 39.6 Å². The van der Waals surface area contributed by atoms with E-state index < -0.39 is 0 Å². The zero-order valence-corrected chi connectivity index (χ0v) is 21.6. The summed E-state index contributed by atoms with van der Waals surface area (Å²) in [4.78, 5) is 13.4. The second-order valence-corrected chi connectivity index (χ2v) is 8.99. The fourth-order valence-corrected chi connectivity index (χ4v) is 4.08. The molecule has 0 radical (unpaired) electrons. The smallest absolute Gasteiger partial charge is 1.00 e. The van der Waals surface area contributed by atoms with Gasteiger partial charge in [0, 0.05) is 12.1 Å². The Bertz CT molecular complexity index is 851. The molecule has 172 valence electrons. The fraction of sp³-hybridized carbons (Fsp3) is 0.458.